The summed E-state index contributed by atoms with van der Waals surface area (Å²) in [5.74, 6) is -0.0307. The summed E-state index contributed by atoms with van der Waals surface area (Å²) >= 11 is 1.11. The monoisotopic (exact) mass is 368 g/mol. The average Bonchev–Trinajstić information content (AvgIpc) is 3.08. The predicted octanol–water partition coefficient (Wildman–Crippen LogP) is 2.70. The summed E-state index contributed by atoms with van der Waals surface area (Å²) in [6.45, 7) is 3.57. The van der Waals surface area contributed by atoms with Crippen LogP contribution in [0.5, 0.6) is 5.75 Å². The molecule has 0 saturated carbocycles. The number of carbonyl (C=O) groups excluding carboxylic acids is 1. The van der Waals surface area contributed by atoms with E-state index in [0.717, 1.165) is 11.3 Å². The molecule has 0 fully saturated rings. The molecule has 0 aliphatic heterocycles. The number of benzene rings is 1. The molecule has 0 aliphatic carbocycles. The Morgan fingerprint density at radius 3 is 2.54 bits per heavy atom. The molecule has 1 aromatic heterocycles. The van der Waals surface area contributed by atoms with Crippen molar-refractivity contribution in [2.24, 2.45) is 5.92 Å². The van der Waals surface area contributed by atoms with E-state index in [1.807, 2.05) is 0 Å². The third-order valence-electron chi connectivity index (χ3n) is 3.33. The zero-order chi connectivity index (χ0) is 17.7. The number of methoxy groups -OCH3 is 1. The van der Waals surface area contributed by atoms with E-state index in [-0.39, 0.29) is 10.1 Å². The quantitative estimate of drug-likeness (QED) is 0.787. The number of hydrogen-bond acceptors (Lipinski definition) is 5. The van der Waals surface area contributed by atoms with Gasteiger partial charge in [0.25, 0.3) is 10.0 Å². The highest BCUT2D eigenvalue weighted by Gasteiger charge is 2.29. The van der Waals surface area contributed by atoms with Crippen LogP contribution >= 0.6 is 11.3 Å². The largest absolute Gasteiger partial charge is 0.497 e. The predicted molar refractivity (Wildman–Crippen MR) is 94.9 cm³/mol. The first-order valence-electron chi connectivity index (χ1n) is 7.34. The Bertz CT molecular complexity index is 786. The lowest BCUT2D eigenvalue weighted by molar-refractivity contribution is -0.118. The van der Waals surface area contributed by atoms with E-state index in [1.165, 1.54) is 13.2 Å². The Hall–Kier alpha value is -1.90. The fourth-order valence-corrected chi connectivity index (χ4v) is 4.41. The third kappa shape index (κ3) is 4.56. The molecule has 8 heteroatoms. The minimum Gasteiger partial charge on any atom is -0.497 e. The second kappa shape index (κ2) is 7.78. The number of nitrogens with one attached hydrogen (secondary N) is 2. The molecule has 2 rings (SSSR count). The van der Waals surface area contributed by atoms with Gasteiger partial charge in [0.15, 0.2) is 0 Å². The summed E-state index contributed by atoms with van der Waals surface area (Å²) < 4.78 is 32.5. The Labute approximate surface area is 145 Å². The number of sulfonamides is 1. The topological polar surface area (TPSA) is 84.5 Å². The Morgan fingerprint density at radius 1 is 1.21 bits per heavy atom. The van der Waals surface area contributed by atoms with Gasteiger partial charge in [-0.2, -0.15) is 4.72 Å². The van der Waals surface area contributed by atoms with Crippen LogP contribution in [-0.4, -0.2) is 27.5 Å². The summed E-state index contributed by atoms with van der Waals surface area (Å²) in [4.78, 5) is 12.5. The molecule has 0 saturated heterocycles. The number of carbonyl (C=O) groups is 1. The van der Waals surface area contributed by atoms with E-state index in [9.17, 15) is 13.2 Å². The fraction of sp³-hybridized carbons (Fsp3) is 0.312. The Kier molecular flexibility index (Phi) is 5.98. The summed E-state index contributed by atoms with van der Waals surface area (Å²) in [7, 11) is -2.19. The molecule has 1 unspecified atom stereocenters. The Morgan fingerprint density at radius 2 is 1.96 bits per heavy atom. The molecule has 24 heavy (non-hydrogen) atoms. The first kappa shape index (κ1) is 18.4. The van der Waals surface area contributed by atoms with Gasteiger partial charge in [-0.15, -0.1) is 11.3 Å². The molecule has 2 aromatic rings. The van der Waals surface area contributed by atoms with Crippen molar-refractivity contribution in [1.82, 2.24) is 4.72 Å². The van der Waals surface area contributed by atoms with Gasteiger partial charge in [0.05, 0.1) is 7.11 Å². The molecule has 0 radical (unpaired) electrons. The van der Waals surface area contributed by atoms with E-state index in [0.29, 0.717) is 11.4 Å². The first-order valence-corrected chi connectivity index (χ1v) is 9.70. The van der Waals surface area contributed by atoms with Crippen LogP contribution in [0.3, 0.4) is 0 Å². The highest BCUT2D eigenvalue weighted by Crippen LogP contribution is 2.20. The summed E-state index contributed by atoms with van der Waals surface area (Å²) in [6, 6.07) is 9.16. The third-order valence-corrected chi connectivity index (χ3v) is 6.17. The molecule has 0 spiro atoms. The van der Waals surface area contributed by atoms with Gasteiger partial charge in [0.1, 0.15) is 16.0 Å². The fourth-order valence-electron chi connectivity index (χ4n) is 2.05. The highest BCUT2D eigenvalue weighted by molar-refractivity contribution is 7.91. The van der Waals surface area contributed by atoms with Gasteiger partial charge in [0, 0.05) is 11.8 Å². The molecule has 130 valence electrons. The lowest BCUT2D eigenvalue weighted by Gasteiger charge is -2.21. The van der Waals surface area contributed by atoms with Gasteiger partial charge in [-0.1, -0.05) is 26.0 Å². The minimum atomic E-state index is -3.73. The van der Waals surface area contributed by atoms with Crippen molar-refractivity contribution in [3.05, 3.63) is 41.8 Å². The number of hydrogen-bond donors (Lipinski definition) is 2. The van der Waals surface area contributed by atoms with Gasteiger partial charge in [-0.25, -0.2) is 8.42 Å². The van der Waals surface area contributed by atoms with E-state index in [2.05, 4.69) is 10.0 Å². The van der Waals surface area contributed by atoms with Crippen LogP contribution < -0.4 is 14.8 Å². The molecule has 2 N–H and O–H groups in total. The number of amides is 1. The summed E-state index contributed by atoms with van der Waals surface area (Å²) in [5.41, 5.74) is 0.542. The molecule has 1 amide bonds. The van der Waals surface area contributed by atoms with Crippen molar-refractivity contribution < 1.29 is 17.9 Å². The van der Waals surface area contributed by atoms with E-state index in [4.69, 9.17) is 4.74 Å². The zero-order valence-electron chi connectivity index (χ0n) is 13.6. The molecule has 0 aliphatic rings. The van der Waals surface area contributed by atoms with Crippen molar-refractivity contribution in [2.75, 3.05) is 12.4 Å². The maximum atomic E-state index is 12.5. The van der Waals surface area contributed by atoms with Crippen LogP contribution in [0.25, 0.3) is 0 Å². The number of ether oxygens (including phenoxy) is 1. The van der Waals surface area contributed by atoms with Crippen molar-refractivity contribution >= 4 is 33.0 Å². The van der Waals surface area contributed by atoms with E-state index >= 15 is 0 Å². The van der Waals surface area contributed by atoms with Crippen molar-refractivity contribution in [2.45, 2.75) is 24.1 Å². The highest BCUT2D eigenvalue weighted by atomic mass is 32.2. The lowest BCUT2D eigenvalue weighted by Crippen LogP contribution is -2.46. The number of rotatable bonds is 7. The summed E-state index contributed by atoms with van der Waals surface area (Å²) in [6.07, 6.45) is 0. The van der Waals surface area contributed by atoms with Crippen LogP contribution in [0.1, 0.15) is 13.8 Å². The zero-order valence-corrected chi connectivity index (χ0v) is 15.3. The molecule has 0 bridgehead atoms. The standard InChI is InChI=1S/C16H20N2O4S2/c1-11(2)15(18-24(20,21)14-8-5-9-23-14)16(19)17-12-6-4-7-13(10-12)22-3/h4-11,15,18H,1-3H3,(H,17,19). The molecule has 1 aromatic carbocycles. The van der Waals surface area contributed by atoms with E-state index < -0.39 is 22.0 Å². The van der Waals surface area contributed by atoms with Crippen LogP contribution in [0.4, 0.5) is 5.69 Å². The second-order valence-corrected chi connectivity index (χ2v) is 8.38. The maximum Gasteiger partial charge on any atom is 0.250 e. The molecule has 1 atom stereocenters. The van der Waals surface area contributed by atoms with Crippen LogP contribution in [-0.2, 0) is 14.8 Å². The smallest absolute Gasteiger partial charge is 0.250 e. The van der Waals surface area contributed by atoms with Crippen molar-refractivity contribution in [3.63, 3.8) is 0 Å². The minimum absolute atomic E-state index is 0.183. The first-order chi connectivity index (χ1) is 11.3. The molecular formula is C16H20N2O4S2. The molecule has 6 nitrogen and oxygen atoms in total. The Balaban J connectivity index is 2.16. The number of anilines is 1. The van der Waals surface area contributed by atoms with E-state index in [1.54, 1.807) is 49.6 Å². The van der Waals surface area contributed by atoms with Crippen LogP contribution in [0.2, 0.25) is 0 Å². The van der Waals surface area contributed by atoms with Gasteiger partial charge < -0.3 is 10.1 Å². The SMILES string of the molecule is COc1cccc(NC(=O)C(NS(=O)(=O)c2cccs2)C(C)C)c1. The normalized spacial score (nSPS) is 12.8. The van der Waals surface area contributed by atoms with Crippen LogP contribution in [0, 0.1) is 5.92 Å². The van der Waals surface area contributed by atoms with Gasteiger partial charge in [0.2, 0.25) is 5.91 Å². The van der Waals surface area contributed by atoms with Crippen molar-refractivity contribution in [3.8, 4) is 5.75 Å². The molecule has 1 heterocycles. The van der Waals surface area contributed by atoms with Crippen molar-refractivity contribution in [1.29, 1.82) is 0 Å². The average molecular weight is 368 g/mol. The summed E-state index contributed by atoms with van der Waals surface area (Å²) in [5, 5.41) is 4.40. The van der Waals surface area contributed by atoms with Gasteiger partial charge in [-0.3, -0.25) is 4.79 Å². The lowest BCUT2D eigenvalue weighted by atomic mass is 10.0. The van der Waals surface area contributed by atoms with Gasteiger partial charge in [-0.05, 0) is 29.5 Å². The second-order valence-electron chi connectivity index (χ2n) is 5.50. The molecular weight excluding hydrogens is 348 g/mol. The maximum absolute atomic E-state index is 12.5. The van der Waals surface area contributed by atoms with Crippen LogP contribution in [0.15, 0.2) is 46.0 Å². The van der Waals surface area contributed by atoms with Gasteiger partial charge >= 0.3 is 0 Å². The number of thiophene rings is 1.